The van der Waals surface area contributed by atoms with Crippen molar-refractivity contribution >= 4 is 15.9 Å². The number of nitriles is 1. The standard InChI is InChI=1S/C19H23N3O4S/c1-2-16-5-3-4-11-22(16)27(24,25)17-8-6-14(7-9-17)18(23)21-19-15(13-20)10-12-26-19/h6-9,16H,2-5,10-12H2,1H3,(H,21,23)/t16-/m0/s1. The van der Waals surface area contributed by atoms with Crippen LogP contribution in [-0.2, 0) is 14.8 Å². The Morgan fingerprint density at radius 1 is 1.33 bits per heavy atom. The molecule has 1 N–H and O–H groups in total. The van der Waals surface area contributed by atoms with E-state index in [1.165, 1.54) is 24.3 Å². The molecule has 144 valence electrons. The molecule has 0 spiro atoms. The van der Waals surface area contributed by atoms with E-state index in [9.17, 15) is 13.2 Å². The summed E-state index contributed by atoms with van der Waals surface area (Å²) in [6.45, 7) is 2.90. The fourth-order valence-corrected chi connectivity index (χ4v) is 5.23. The molecular formula is C19H23N3O4S. The first kappa shape index (κ1) is 19.4. The SMILES string of the molecule is CC[C@H]1CCCCN1S(=O)(=O)c1ccc(C(=O)NC2=C(C#N)CCO2)cc1. The summed E-state index contributed by atoms with van der Waals surface area (Å²) in [5.74, 6) is -0.258. The number of amides is 1. The van der Waals surface area contributed by atoms with Gasteiger partial charge in [-0.15, -0.1) is 0 Å². The summed E-state index contributed by atoms with van der Waals surface area (Å²) in [5, 5.41) is 11.6. The Hall–Kier alpha value is -2.37. The van der Waals surface area contributed by atoms with Crippen molar-refractivity contribution in [2.45, 2.75) is 50.0 Å². The zero-order chi connectivity index (χ0) is 19.4. The average molecular weight is 389 g/mol. The van der Waals surface area contributed by atoms with E-state index < -0.39 is 15.9 Å². The summed E-state index contributed by atoms with van der Waals surface area (Å²) in [6.07, 6.45) is 4.05. The molecular weight excluding hydrogens is 366 g/mol. The minimum absolute atomic E-state index is 0.0302. The third-order valence-electron chi connectivity index (χ3n) is 5.00. The van der Waals surface area contributed by atoms with Gasteiger partial charge in [0.05, 0.1) is 17.1 Å². The maximum atomic E-state index is 13.0. The van der Waals surface area contributed by atoms with Crippen LogP contribution in [0.2, 0.25) is 0 Å². The summed E-state index contributed by atoms with van der Waals surface area (Å²) in [7, 11) is -3.58. The third-order valence-corrected chi connectivity index (χ3v) is 6.97. The van der Waals surface area contributed by atoms with E-state index in [1.807, 2.05) is 13.0 Å². The van der Waals surface area contributed by atoms with Crippen molar-refractivity contribution in [2.24, 2.45) is 0 Å². The molecule has 2 aliphatic rings. The van der Waals surface area contributed by atoms with Gasteiger partial charge in [0.15, 0.2) is 0 Å². The molecule has 1 aromatic carbocycles. The molecule has 1 aromatic rings. The Morgan fingerprint density at radius 2 is 2.07 bits per heavy atom. The molecule has 0 unspecified atom stereocenters. The normalized spacial score (nSPS) is 20.8. The van der Waals surface area contributed by atoms with Crippen LogP contribution in [-0.4, -0.2) is 37.8 Å². The number of hydrogen-bond donors (Lipinski definition) is 1. The maximum absolute atomic E-state index is 13.0. The van der Waals surface area contributed by atoms with Crippen LogP contribution in [0.5, 0.6) is 0 Å². The highest BCUT2D eigenvalue weighted by Gasteiger charge is 2.32. The molecule has 1 saturated heterocycles. The number of nitrogens with zero attached hydrogens (tertiary/aromatic N) is 2. The van der Waals surface area contributed by atoms with Crippen molar-refractivity contribution in [3.63, 3.8) is 0 Å². The zero-order valence-electron chi connectivity index (χ0n) is 15.3. The van der Waals surface area contributed by atoms with E-state index in [4.69, 9.17) is 10.00 Å². The van der Waals surface area contributed by atoms with Crippen LogP contribution in [0.1, 0.15) is 49.4 Å². The molecule has 1 atom stereocenters. The average Bonchev–Trinajstić information content (AvgIpc) is 3.15. The topological polar surface area (TPSA) is 99.5 Å². The lowest BCUT2D eigenvalue weighted by Gasteiger charge is -2.34. The number of carbonyl (C=O) groups excluding carboxylic acids is 1. The van der Waals surface area contributed by atoms with Gasteiger partial charge >= 0.3 is 0 Å². The molecule has 0 bridgehead atoms. The molecule has 2 heterocycles. The number of benzene rings is 1. The van der Waals surface area contributed by atoms with Crippen LogP contribution < -0.4 is 5.32 Å². The highest BCUT2D eigenvalue weighted by atomic mass is 32.2. The first-order valence-electron chi connectivity index (χ1n) is 9.16. The number of carbonyl (C=O) groups is 1. The van der Waals surface area contributed by atoms with Crippen molar-refractivity contribution < 1.29 is 17.9 Å². The molecule has 3 rings (SSSR count). The minimum Gasteiger partial charge on any atom is -0.478 e. The highest BCUT2D eigenvalue weighted by Crippen LogP contribution is 2.27. The number of piperidine rings is 1. The number of rotatable bonds is 5. The first-order valence-corrected chi connectivity index (χ1v) is 10.6. The predicted molar refractivity (Wildman–Crippen MR) is 98.9 cm³/mol. The largest absolute Gasteiger partial charge is 0.478 e. The molecule has 2 aliphatic heterocycles. The van der Waals surface area contributed by atoms with Crippen LogP contribution >= 0.6 is 0 Å². The summed E-state index contributed by atoms with van der Waals surface area (Å²) >= 11 is 0. The highest BCUT2D eigenvalue weighted by molar-refractivity contribution is 7.89. The molecule has 27 heavy (non-hydrogen) atoms. The molecule has 1 fully saturated rings. The van der Waals surface area contributed by atoms with Crippen molar-refractivity contribution in [3.8, 4) is 6.07 Å². The third kappa shape index (κ3) is 3.99. The van der Waals surface area contributed by atoms with Gasteiger partial charge in [-0.25, -0.2) is 8.42 Å². The van der Waals surface area contributed by atoms with Crippen molar-refractivity contribution in [1.29, 1.82) is 5.26 Å². The second-order valence-corrected chi connectivity index (χ2v) is 8.56. The summed E-state index contributed by atoms with van der Waals surface area (Å²) < 4.78 is 32.8. The van der Waals surface area contributed by atoms with Gasteiger partial charge in [0, 0.05) is 24.6 Å². The van der Waals surface area contributed by atoms with Gasteiger partial charge in [0.1, 0.15) is 6.07 Å². The van der Waals surface area contributed by atoms with Crippen LogP contribution in [0.4, 0.5) is 0 Å². The van der Waals surface area contributed by atoms with Crippen LogP contribution in [0.3, 0.4) is 0 Å². The molecule has 0 aliphatic carbocycles. The molecule has 0 saturated carbocycles. The van der Waals surface area contributed by atoms with Gasteiger partial charge in [-0.2, -0.15) is 9.57 Å². The monoisotopic (exact) mass is 389 g/mol. The molecule has 8 heteroatoms. The predicted octanol–water partition coefficient (Wildman–Crippen LogP) is 2.53. The molecule has 0 radical (unpaired) electrons. The fraction of sp³-hybridized carbons (Fsp3) is 0.474. The summed E-state index contributed by atoms with van der Waals surface area (Å²) in [4.78, 5) is 12.5. The van der Waals surface area contributed by atoms with Gasteiger partial charge in [-0.05, 0) is 43.5 Å². The van der Waals surface area contributed by atoms with Crippen molar-refractivity contribution in [2.75, 3.05) is 13.2 Å². The zero-order valence-corrected chi connectivity index (χ0v) is 16.1. The Kier molecular flexibility index (Phi) is 5.82. The van der Waals surface area contributed by atoms with E-state index in [2.05, 4.69) is 5.32 Å². The minimum atomic E-state index is -3.58. The van der Waals surface area contributed by atoms with Crippen molar-refractivity contribution in [3.05, 3.63) is 41.3 Å². The Bertz CT molecular complexity index is 885. The van der Waals surface area contributed by atoms with Gasteiger partial charge in [-0.1, -0.05) is 13.3 Å². The molecule has 1 amide bonds. The van der Waals surface area contributed by atoms with Gasteiger partial charge in [0.2, 0.25) is 15.9 Å². The second-order valence-electron chi connectivity index (χ2n) is 6.67. The van der Waals surface area contributed by atoms with E-state index in [0.29, 0.717) is 30.7 Å². The van der Waals surface area contributed by atoms with E-state index in [1.54, 1.807) is 4.31 Å². The van der Waals surface area contributed by atoms with E-state index in [0.717, 1.165) is 25.7 Å². The van der Waals surface area contributed by atoms with Gasteiger partial charge in [0.25, 0.3) is 5.91 Å². The number of nitrogens with one attached hydrogen (secondary N) is 1. The van der Waals surface area contributed by atoms with E-state index in [-0.39, 0.29) is 16.8 Å². The van der Waals surface area contributed by atoms with Crippen LogP contribution in [0, 0.1) is 11.3 Å². The summed E-state index contributed by atoms with van der Waals surface area (Å²) in [6, 6.07) is 7.91. The Balaban J connectivity index is 1.76. The maximum Gasteiger partial charge on any atom is 0.257 e. The number of sulfonamides is 1. The molecule has 7 nitrogen and oxygen atoms in total. The Labute approximate surface area is 159 Å². The van der Waals surface area contributed by atoms with Gasteiger partial charge in [-0.3, -0.25) is 10.1 Å². The fourth-order valence-electron chi connectivity index (χ4n) is 3.46. The first-order chi connectivity index (χ1) is 13.0. The second kappa shape index (κ2) is 8.11. The van der Waals surface area contributed by atoms with E-state index >= 15 is 0 Å². The van der Waals surface area contributed by atoms with Gasteiger partial charge < -0.3 is 4.74 Å². The van der Waals surface area contributed by atoms with Crippen molar-refractivity contribution in [1.82, 2.24) is 9.62 Å². The number of hydrogen-bond acceptors (Lipinski definition) is 5. The summed E-state index contributed by atoms with van der Waals surface area (Å²) in [5.41, 5.74) is 0.707. The van der Waals surface area contributed by atoms with Crippen LogP contribution in [0.15, 0.2) is 40.6 Å². The smallest absolute Gasteiger partial charge is 0.257 e. The lowest BCUT2D eigenvalue weighted by molar-refractivity contribution is 0.0930. The number of ether oxygens (including phenoxy) is 1. The lowest BCUT2D eigenvalue weighted by Crippen LogP contribution is -2.43. The Morgan fingerprint density at radius 3 is 2.74 bits per heavy atom. The molecule has 0 aromatic heterocycles. The quantitative estimate of drug-likeness (QED) is 0.834. The lowest BCUT2D eigenvalue weighted by atomic mass is 10.0. The van der Waals surface area contributed by atoms with Crippen LogP contribution in [0.25, 0.3) is 0 Å².